The largest absolute Gasteiger partial charge is 0.465 e. The molecule has 2 aromatic carbocycles. The first-order valence-electron chi connectivity index (χ1n) is 6.54. The van der Waals surface area contributed by atoms with Crippen molar-refractivity contribution in [2.75, 3.05) is 0 Å². The lowest BCUT2D eigenvalue weighted by Crippen LogP contribution is -2.09. The molecular weight excluding hydrogens is 263 g/mol. The summed E-state index contributed by atoms with van der Waals surface area (Å²) >= 11 is 0. The van der Waals surface area contributed by atoms with E-state index in [-0.39, 0.29) is 0 Å². The first kappa shape index (κ1) is 12.9. The lowest BCUT2D eigenvalue weighted by Gasteiger charge is -2.14. The molecule has 3 aromatic rings. The summed E-state index contributed by atoms with van der Waals surface area (Å²) in [7, 11) is -0.496. The van der Waals surface area contributed by atoms with Crippen LogP contribution < -0.4 is 10.6 Å². The topological polar surface area (TPSA) is 13.1 Å². The van der Waals surface area contributed by atoms with Gasteiger partial charge in [0.25, 0.3) is 0 Å². The molecule has 0 saturated heterocycles. The predicted octanol–water partition coefficient (Wildman–Crippen LogP) is 4.38. The van der Waals surface area contributed by atoms with Crippen molar-refractivity contribution in [2.45, 2.75) is 0 Å². The second-order valence-corrected chi connectivity index (χ2v) is 6.44. The van der Waals surface area contributed by atoms with E-state index >= 15 is 0 Å². The van der Waals surface area contributed by atoms with Gasteiger partial charge in [0, 0.05) is 0 Å². The molecule has 1 aromatic heterocycles. The van der Waals surface area contributed by atoms with Gasteiger partial charge in [0.2, 0.25) is 0 Å². The van der Waals surface area contributed by atoms with Crippen molar-refractivity contribution in [1.29, 1.82) is 0 Å². The molecule has 1 nitrogen and oxygen atoms in total. The second-order valence-electron chi connectivity index (χ2n) is 4.37. The van der Waals surface area contributed by atoms with E-state index in [0.29, 0.717) is 0 Å². The molecule has 0 aliphatic carbocycles. The zero-order valence-electron chi connectivity index (χ0n) is 11.0. The Labute approximate surface area is 120 Å². The minimum absolute atomic E-state index is 0.496. The monoisotopic (exact) mass is 278 g/mol. The average Bonchev–Trinajstić information content (AvgIpc) is 3.03. The SMILES string of the molecule is C(=C/P(c1ccccc1)c1ccccc1)/c1ccco1. The van der Waals surface area contributed by atoms with Crippen LogP contribution in [0.2, 0.25) is 0 Å². The minimum atomic E-state index is -0.496. The maximum Gasteiger partial charge on any atom is 0.126 e. The van der Waals surface area contributed by atoms with Gasteiger partial charge in [-0.2, -0.15) is 0 Å². The molecule has 0 bridgehead atoms. The van der Waals surface area contributed by atoms with Crippen LogP contribution in [0.1, 0.15) is 5.76 Å². The van der Waals surface area contributed by atoms with Crippen molar-refractivity contribution in [3.05, 3.63) is 90.6 Å². The third-order valence-electron chi connectivity index (χ3n) is 3.00. The van der Waals surface area contributed by atoms with Gasteiger partial charge in [-0.3, -0.25) is 0 Å². The van der Waals surface area contributed by atoms with Gasteiger partial charge in [0.1, 0.15) is 5.76 Å². The number of hydrogen-bond donors (Lipinski definition) is 0. The van der Waals surface area contributed by atoms with E-state index in [1.165, 1.54) is 10.6 Å². The normalized spacial score (nSPS) is 11.2. The molecule has 0 aliphatic heterocycles. The maximum absolute atomic E-state index is 5.38. The molecule has 0 N–H and O–H groups in total. The fraction of sp³-hybridized carbons (Fsp3) is 0. The van der Waals surface area contributed by atoms with Crippen LogP contribution in [0.5, 0.6) is 0 Å². The summed E-state index contributed by atoms with van der Waals surface area (Å²) in [5.41, 5.74) is 0. The molecule has 3 rings (SSSR count). The fourth-order valence-electron chi connectivity index (χ4n) is 2.03. The van der Waals surface area contributed by atoms with Gasteiger partial charge in [-0.25, -0.2) is 0 Å². The lowest BCUT2D eigenvalue weighted by molar-refractivity contribution is 0.557. The molecule has 20 heavy (non-hydrogen) atoms. The van der Waals surface area contributed by atoms with Crippen molar-refractivity contribution < 1.29 is 4.42 Å². The Kier molecular flexibility index (Phi) is 4.10. The quantitative estimate of drug-likeness (QED) is 0.645. The lowest BCUT2D eigenvalue weighted by atomic mass is 10.4. The Morgan fingerprint density at radius 3 is 1.80 bits per heavy atom. The van der Waals surface area contributed by atoms with Gasteiger partial charge in [0.15, 0.2) is 0 Å². The smallest absolute Gasteiger partial charge is 0.126 e. The number of benzene rings is 2. The molecule has 98 valence electrons. The van der Waals surface area contributed by atoms with Crippen molar-refractivity contribution in [2.24, 2.45) is 0 Å². The number of hydrogen-bond acceptors (Lipinski definition) is 1. The van der Waals surface area contributed by atoms with E-state index < -0.39 is 7.92 Å². The molecule has 0 aliphatic rings. The van der Waals surface area contributed by atoms with E-state index in [0.717, 1.165) is 5.76 Å². The van der Waals surface area contributed by atoms with Crippen LogP contribution in [0.15, 0.2) is 89.3 Å². The number of furan rings is 1. The van der Waals surface area contributed by atoms with Gasteiger partial charge in [-0.05, 0) is 42.6 Å². The molecule has 2 heteroatoms. The molecule has 0 spiro atoms. The highest BCUT2D eigenvalue weighted by Crippen LogP contribution is 2.35. The summed E-state index contributed by atoms with van der Waals surface area (Å²) in [6.45, 7) is 0. The van der Waals surface area contributed by atoms with Crippen LogP contribution in [-0.2, 0) is 0 Å². The van der Waals surface area contributed by atoms with Crippen LogP contribution in [0, 0.1) is 0 Å². The van der Waals surface area contributed by atoms with Crippen molar-refractivity contribution in [3.8, 4) is 0 Å². The van der Waals surface area contributed by atoms with Crippen molar-refractivity contribution in [3.63, 3.8) is 0 Å². The summed E-state index contributed by atoms with van der Waals surface area (Å²) < 4.78 is 5.38. The van der Waals surface area contributed by atoms with E-state index in [9.17, 15) is 0 Å². The van der Waals surface area contributed by atoms with Gasteiger partial charge in [-0.1, -0.05) is 60.7 Å². The van der Waals surface area contributed by atoms with E-state index in [1.807, 2.05) is 12.1 Å². The molecule has 1 heterocycles. The summed E-state index contributed by atoms with van der Waals surface area (Å²) in [5.74, 6) is 3.14. The molecule has 0 fully saturated rings. The molecule has 0 unspecified atom stereocenters. The van der Waals surface area contributed by atoms with Crippen molar-refractivity contribution >= 4 is 24.6 Å². The standard InChI is InChI=1S/C18H15OP/c1-3-9-17(10-4-1)20(18-11-5-2-6-12-18)15-13-16-8-7-14-19-16/h1-15H/b15-13-. The van der Waals surface area contributed by atoms with Crippen LogP contribution >= 0.6 is 7.92 Å². The van der Waals surface area contributed by atoms with E-state index in [4.69, 9.17) is 4.42 Å². The summed E-state index contributed by atoms with van der Waals surface area (Å²) in [4.78, 5) is 0. The van der Waals surface area contributed by atoms with Gasteiger partial charge < -0.3 is 4.42 Å². The van der Waals surface area contributed by atoms with Gasteiger partial charge in [-0.15, -0.1) is 0 Å². The zero-order chi connectivity index (χ0) is 13.6. The third-order valence-corrected chi connectivity index (χ3v) is 5.16. The maximum atomic E-state index is 5.38. The molecule has 0 radical (unpaired) electrons. The van der Waals surface area contributed by atoms with E-state index in [2.05, 4.69) is 72.6 Å². The summed E-state index contributed by atoms with van der Waals surface area (Å²) in [6.07, 6.45) is 3.76. The minimum Gasteiger partial charge on any atom is -0.465 e. The molecular formula is C18H15OP. The Hall–Kier alpha value is -2.11. The van der Waals surface area contributed by atoms with Gasteiger partial charge >= 0.3 is 0 Å². The Bertz CT molecular complexity index is 618. The van der Waals surface area contributed by atoms with Crippen LogP contribution in [0.4, 0.5) is 0 Å². The van der Waals surface area contributed by atoms with Gasteiger partial charge in [0.05, 0.1) is 6.26 Å². The first-order valence-corrected chi connectivity index (χ1v) is 7.95. The van der Waals surface area contributed by atoms with Crippen LogP contribution in [0.3, 0.4) is 0 Å². The summed E-state index contributed by atoms with van der Waals surface area (Å²) in [6, 6.07) is 25.1. The molecule has 0 saturated carbocycles. The van der Waals surface area contributed by atoms with Crippen LogP contribution in [0.25, 0.3) is 6.08 Å². The second kappa shape index (κ2) is 6.36. The Balaban J connectivity index is 1.96. The average molecular weight is 278 g/mol. The molecule has 0 amide bonds. The highest BCUT2D eigenvalue weighted by Gasteiger charge is 2.09. The highest BCUT2D eigenvalue weighted by molar-refractivity contribution is 7.75. The number of rotatable bonds is 4. The fourth-order valence-corrected chi connectivity index (χ4v) is 3.96. The summed E-state index contributed by atoms with van der Waals surface area (Å²) in [5, 5.41) is 2.69. The Morgan fingerprint density at radius 1 is 0.700 bits per heavy atom. The third kappa shape index (κ3) is 3.07. The zero-order valence-corrected chi connectivity index (χ0v) is 11.9. The first-order chi connectivity index (χ1) is 9.93. The Morgan fingerprint density at radius 2 is 1.30 bits per heavy atom. The van der Waals surface area contributed by atoms with Crippen LogP contribution in [-0.4, -0.2) is 0 Å². The van der Waals surface area contributed by atoms with E-state index in [1.54, 1.807) is 6.26 Å². The molecule has 0 atom stereocenters. The predicted molar refractivity (Wildman–Crippen MR) is 86.8 cm³/mol. The van der Waals surface area contributed by atoms with Crippen molar-refractivity contribution in [1.82, 2.24) is 0 Å². The highest BCUT2D eigenvalue weighted by atomic mass is 31.1.